The zero-order valence-electron chi connectivity index (χ0n) is 25.3. The lowest BCUT2D eigenvalue weighted by atomic mass is 9.79. The van der Waals surface area contributed by atoms with Gasteiger partial charge in [-0.2, -0.15) is 0 Å². The molecule has 7 rings (SSSR count). The zero-order chi connectivity index (χ0) is 30.6. The highest BCUT2D eigenvalue weighted by Crippen LogP contribution is 2.49. The summed E-state index contributed by atoms with van der Waals surface area (Å²) in [6.45, 7) is 8.57. The Balaban J connectivity index is 1.25. The molecule has 4 aliphatic heterocycles. The van der Waals surface area contributed by atoms with Crippen LogP contribution in [0, 0.1) is 17.8 Å². The Morgan fingerprint density at radius 1 is 1.26 bits per heavy atom. The van der Waals surface area contributed by atoms with Crippen LogP contribution in [0.4, 0.5) is 0 Å². The van der Waals surface area contributed by atoms with Gasteiger partial charge in [0.05, 0.1) is 10.5 Å². The van der Waals surface area contributed by atoms with Crippen molar-refractivity contribution in [3.05, 3.63) is 40.0 Å². The van der Waals surface area contributed by atoms with Gasteiger partial charge in [0.25, 0.3) is 11.8 Å². The number of halogens is 1. The number of likely N-dealkylation sites (N-methyl/N-ethyl adjacent to an activating group) is 1. The van der Waals surface area contributed by atoms with Crippen LogP contribution < -0.4 is 5.32 Å². The Kier molecular flexibility index (Phi) is 6.67. The van der Waals surface area contributed by atoms with E-state index in [-0.39, 0.29) is 23.8 Å². The molecule has 0 radical (unpaired) electrons. The van der Waals surface area contributed by atoms with E-state index in [0.717, 1.165) is 34.1 Å². The lowest BCUT2D eigenvalue weighted by Gasteiger charge is -2.49. The standard InChI is InChI=1S/C32H40BrN5O5/c1-16(2)12-24-29(40)37-11-7-10-25(37)32(42)38(24)30(41)31(43-32,17(3)4)35-28(39)18-13-20-19-8-6-9-22-26(19)21(27(33)34-22)14-23(20)36(5)15-18/h6,8-9,13,16-18,23-25,34,42H,7,10-12,14-15H2,1-5H3,(H,35,39)/t18-,23-,24+,25+,31+,32-/m0/s1. The molecule has 3 amide bonds. The average molecular weight is 655 g/mol. The third-order valence-electron chi connectivity index (χ3n) is 10.3. The number of H-pyrrole nitrogens is 1. The van der Waals surface area contributed by atoms with Gasteiger partial charge in [0, 0.05) is 36.0 Å². The summed E-state index contributed by atoms with van der Waals surface area (Å²) in [5.41, 5.74) is 2.68. The molecule has 10 nitrogen and oxygen atoms in total. The molecule has 0 bridgehead atoms. The van der Waals surface area contributed by atoms with Gasteiger partial charge in [0.1, 0.15) is 12.1 Å². The van der Waals surface area contributed by atoms with Crippen LogP contribution in [-0.4, -0.2) is 92.4 Å². The first kappa shape index (κ1) is 29.0. The molecule has 3 N–H and O–H groups in total. The Morgan fingerprint density at radius 2 is 2.02 bits per heavy atom. The molecule has 2 aromatic rings. The van der Waals surface area contributed by atoms with Gasteiger partial charge in [-0.3, -0.25) is 28.9 Å². The van der Waals surface area contributed by atoms with Crippen molar-refractivity contribution in [2.75, 3.05) is 20.1 Å². The summed E-state index contributed by atoms with van der Waals surface area (Å²) in [6.07, 6.45) is 4.49. The van der Waals surface area contributed by atoms with Gasteiger partial charge >= 0.3 is 0 Å². The maximum absolute atomic E-state index is 14.4. The molecule has 6 atom stereocenters. The highest BCUT2D eigenvalue weighted by molar-refractivity contribution is 9.10. The fourth-order valence-corrected chi connectivity index (χ4v) is 8.72. The normalized spacial score (nSPS) is 33.7. The van der Waals surface area contributed by atoms with Gasteiger partial charge in [0.2, 0.25) is 17.5 Å². The number of aromatic amines is 1. The number of nitrogens with one attached hydrogen (secondary N) is 2. The lowest BCUT2D eigenvalue weighted by molar-refractivity contribution is -0.322. The number of carbonyl (C=O) groups excluding carboxylic acids is 3. The van der Waals surface area contributed by atoms with Crippen LogP contribution in [0.3, 0.4) is 0 Å². The smallest absolute Gasteiger partial charge is 0.281 e. The number of hydrogen-bond donors (Lipinski definition) is 3. The number of carbonyl (C=O) groups is 3. The van der Waals surface area contributed by atoms with Crippen LogP contribution >= 0.6 is 15.9 Å². The largest absolute Gasteiger partial charge is 0.349 e. The number of rotatable bonds is 5. The number of piperazine rings is 1. The van der Waals surface area contributed by atoms with Crippen LogP contribution in [0.25, 0.3) is 16.5 Å². The topological polar surface area (TPSA) is 118 Å². The minimum absolute atomic E-state index is 0.104. The number of nitrogens with zero attached hydrogens (tertiary/aromatic N) is 3. The highest BCUT2D eigenvalue weighted by Gasteiger charge is 2.72. The quantitative estimate of drug-likeness (QED) is 0.456. The molecular weight excluding hydrogens is 614 g/mol. The van der Waals surface area contributed by atoms with E-state index in [2.05, 4.69) is 43.3 Å². The summed E-state index contributed by atoms with van der Waals surface area (Å²) >= 11 is 3.70. The first-order valence-electron chi connectivity index (χ1n) is 15.5. The van der Waals surface area contributed by atoms with E-state index in [9.17, 15) is 19.5 Å². The van der Waals surface area contributed by atoms with Crippen molar-refractivity contribution in [3.63, 3.8) is 0 Å². The van der Waals surface area contributed by atoms with Crippen LogP contribution in [0.1, 0.15) is 58.1 Å². The van der Waals surface area contributed by atoms with Crippen LogP contribution in [-0.2, 0) is 25.5 Å². The molecule has 3 fully saturated rings. The number of benzene rings is 1. The molecule has 1 aliphatic carbocycles. The Morgan fingerprint density at radius 3 is 2.74 bits per heavy atom. The van der Waals surface area contributed by atoms with E-state index in [1.807, 2.05) is 33.0 Å². The van der Waals surface area contributed by atoms with Gasteiger partial charge in [-0.15, -0.1) is 0 Å². The molecule has 0 spiro atoms. The third kappa shape index (κ3) is 4.04. The highest BCUT2D eigenvalue weighted by atomic mass is 79.9. The summed E-state index contributed by atoms with van der Waals surface area (Å²) < 4.78 is 7.43. The molecule has 230 valence electrons. The van der Waals surface area contributed by atoms with Crippen LogP contribution in [0.5, 0.6) is 0 Å². The van der Waals surface area contributed by atoms with Crippen LogP contribution in [0.2, 0.25) is 0 Å². The van der Waals surface area contributed by atoms with Crippen molar-refractivity contribution < 1.29 is 24.2 Å². The number of ether oxygens (including phenoxy) is 1. The fraction of sp³-hybridized carbons (Fsp3) is 0.594. The van der Waals surface area contributed by atoms with Gasteiger partial charge in [-0.25, -0.2) is 0 Å². The maximum atomic E-state index is 14.4. The molecule has 11 heteroatoms. The first-order chi connectivity index (χ1) is 20.4. The second kappa shape index (κ2) is 9.89. The predicted molar refractivity (Wildman–Crippen MR) is 164 cm³/mol. The van der Waals surface area contributed by atoms with E-state index >= 15 is 0 Å². The monoisotopic (exact) mass is 653 g/mol. The summed E-state index contributed by atoms with van der Waals surface area (Å²) in [4.78, 5) is 50.8. The van der Waals surface area contributed by atoms with E-state index < -0.39 is 41.5 Å². The predicted octanol–water partition coefficient (Wildman–Crippen LogP) is 3.19. The second-order valence-corrected chi connectivity index (χ2v) is 14.5. The Hall–Kier alpha value is -2.73. The summed E-state index contributed by atoms with van der Waals surface area (Å²) in [7, 11) is 2.03. The second-order valence-electron chi connectivity index (χ2n) is 13.7. The van der Waals surface area contributed by atoms with Crippen molar-refractivity contribution in [1.29, 1.82) is 0 Å². The maximum Gasteiger partial charge on any atom is 0.281 e. The van der Waals surface area contributed by atoms with Gasteiger partial charge in [-0.05, 0) is 77.3 Å². The number of aliphatic hydroxyl groups is 1. The minimum atomic E-state index is -2.01. The van der Waals surface area contributed by atoms with Crippen molar-refractivity contribution in [2.45, 2.75) is 83.1 Å². The Labute approximate surface area is 259 Å². The molecule has 5 heterocycles. The molecule has 0 saturated carbocycles. The lowest BCUT2D eigenvalue weighted by Crippen LogP contribution is -2.71. The average Bonchev–Trinajstić information content (AvgIpc) is 3.63. The summed E-state index contributed by atoms with van der Waals surface area (Å²) in [5, 5.41) is 16.3. The van der Waals surface area contributed by atoms with E-state index in [4.69, 9.17) is 4.74 Å². The summed E-state index contributed by atoms with van der Waals surface area (Å²) in [6, 6.07) is 4.76. The van der Waals surface area contributed by atoms with Crippen LogP contribution in [0.15, 0.2) is 28.9 Å². The van der Waals surface area contributed by atoms with Crippen molar-refractivity contribution in [3.8, 4) is 0 Å². The van der Waals surface area contributed by atoms with Crippen molar-refractivity contribution in [2.24, 2.45) is 17.8 Å². The Bertz CT molecular complexity index is 1570. The first-order valence-corrected chi connectivity index (χ1v) is 16.3. The molecule has 1 aromatic carbocycles. The molecular formula is C32H40BrN5O5. The van der Waals surface area contributed by atoms with E-state index in [0.29, 0.717) is 25.9 Å². The molecule has 0 unspecified atom stereocenters. The summed E-state index contributed by atoms with van der Waals surface area (Å²) in [5.74, 6) is -4.01. The molecule has 1 aromatic heterocycles. The van der Waals surface area contributed by atoms with Gasteiger partial charge in [-0.1, -0.05) is 45.9 Å². The van der Waals surface area contributed by atoms with Crippen molar-refractivity contribution in [1.82, 2.24) is 25.0 Å². The number of aromatic nitrogens is 1. The number of fused-ring (bicyclic) bond motifs is 5. The number of amides is 3. The van der Waals surface area contributed by atoms with Crippen molar-refractivity contribution >= 4 is 50.1 Å². The SMILES string of the molecule is CC(C)C[C@@H]1C(=O)N2CCC[C@@H]2[C@]2(O)O[C@](NC(=O)[C@H]3C=C4c5cccc6[nH]c(Br)c(c56)C[C@@H]4N(C)C3)(C(C)C)C(=O)N12. The fourth-order valence-electron chi connectivity index (χ4n) is 8.15. The molecule has 5 aliphatic rings. The zero-order valence-corrected chi connectivity index (χ0v) is 26.9. The molecule has 3 saturated heterocycles. The van der Waals surface area contributed by atoms with Gasteiger partial charge in [0.15, 0.2) is 0 Å². The van der Waals surface area contributed by atoms with E-state index in [1.165, 1.54) is 15.8 Å². The third-order valence-corrected chi connectivity index (χ3v) is 10.9. The minimum Gasteiger partial charge on any atom is -0.349 e. The molecule has 43 heavy (non-hydrogen) atoms. The van der Waals surface area contributed by atoms with Gasteiger partial charge < -0.3 is 20.3 Å². The van der Waals surface area contributed by atoms with E-state index in [1.54, 1.807) is 18.7 Å². The number of hydrogen-bond acceptors (Lipinski definition) is 6.